The maximum atomic E-state index is 13.2. The van der Waals surface area contributed by atoms with Crippen LogP contribution in [0.25, 0.3) is 0 Å². The van der Waals surface area contributed by atoms with Crippen molar-refractivity contribution in [1.82, 2.24) is 19.7 Å². The molecule has 2 aromatic heterocycles. The van der Waals surface area contributed by atoms with Crippen LogP contribution in [0, 0.1) is 16.7 Å². The van der Waals surface area contributed by atoms with Crippen molar-refractivity contribution in [3.05, 3.63) is 88.2 Å². The summed E-state index contributed by atoms with van der Waals surface area (Å²) in [6.45, 7) is 7.45. The number of carbonyl (C=O) groups excluding carboxylic acids is 1. The van der Waals surface area contributed by atoms with Gasteiger partial charge in [-0.05, 0) is 69.5 Å². The lowest BCUT2D eigenvalue weighted by Gasteiger charge is -2.42. The molecule has 1 aliphatic heterocycles. The number of hydrogen-bond acceptors (Lipinski definition) is 7. The van der Waals surface area contributed by atoms with E-state index in [1.54, 1.807) is 23.2 Å². The number of carbonyl (C=O) groups is 1. The van der Waals surface area contributed by atoms with Crippen molar-refractivity contribution in [1.29, 1.82) is 10.7 Å². The molecule has 236 valence electrons. The van der Waals surface area contributed by atoms with Gasteiger partial charge in [-0.3, -0.25) is 15.2 Å². The van der Waals surface area contributed by atoms with Gasteiger partial charge in [0.1, 0.15) is 17.8 Å². The fraction of sp³-hybridized carbons (Fsp3) is 0.375. The number of amides is 1. The minimum absolute atomic E-state index is 0.146. The van der Waals surface area contributed by atoms with Gasteiger partial charge in [0.25, 0.3) is 11.4 Å². The third-order valence-corrected chi connectivity index (χ3v) is 7.35. The number of ether oxygens (including phenoxy) is 1. The Labute approximate surface area is 262 Å². The van der Waals surface area contributed by atoms with Gasteiger partial charge >= 0.3 is 6.09 Å². The van der Waals surface area contributed by atoms with Gasteiger partial charge in [-0.25, -0.2) is 9.79 Å². The van der Waals surface area contributed by atoms with Crippen LogP contribution in [0.2, 0.25) is 0 Å². The molecule has 0 bridgehead atoms. The molecule has 0 aliphatic carbocycles. The van der Waals surface area contributed by atoms with Crippen molar-refractivity contribution in [2.24, 2.45) is 5.73 Å². The van der Waals surface area contributed by atoms with E-state index in [0.717, 1.165) is 11.1 Å². The molecule has 0 radical (unpaired) electrons. The number of benzene rings is 1. The lowest BCUT2D eigenvalue weighted by Crippen LogP contribution is -2.76. The number of nitrogens with two attached hydrogens (primary N) is 2. The Morgan fingerprint density at radius 2 is 2.07 bits per heavy atom. The number of piperidine rings is 1. The third kappa shape index (κ3) is 9.14. The minimum atomic E-state index is -0.674. The molecule has 3 heterocycles. The van der Waals surface area contributed by atoms with E-state index >= 15 is 0 Å². The first kappa shape index (κ1) is 32.7. The Bertz CT molecular complexity index is 1640. The number of allylic oxidation sites excluding steroid dienone is 1. The van der Waals surface area contributed by atoms with Crippen LogP contribution >= 0.6 is 0 Å². The molecule has 1 saturated heterocycles. The Morgan fingerprint density at radius 1 is 1.31 bits per heavy atom. The molecule has 0 spiro atoms. The molecule has 0 atom stereocenters. The summed E-state index contributed by atoms with van der Waals surface area (Å²) in [6.07, 6.45) is 10.6. The van der Waals surface area contributed by atoms with Crippen molar-refractivity contribution in [2.75, 3.05) is 18.4 Å². The van der Waals surface area contributed by atoms with Crippen molar-refractivity contribution in [3.63, 3.8) is 0 Å². The Kier molecular flexibility index (Phi) is 10.5. The summed E-state index contributed by atoms with van der Waals surface area (Å²) >= 11 is 0. The summed E-state index contributed by atoms with van der Waals surface area (Å²) in [5.74, 6) is 0.146. The van der Waals surface area contributed by atoms with Crippen LogP contribution in [0.3, 0.4) is 0 Å². The highest BCUT2D eigenvalue weighted by Gasteiger charge is 2.38. The maximum Gasteiger partial charge on any atom is 0.410 e. The number of hydrogen-bond donors (Lipinski definition) is 6. The fourth-order valence-electron chi connectivity index (χ4n) is 5.26. The molecule has 3 aromatic rings. The number of pyridine rings is 1. The van der Waals surface area contributed by atoms with Crippen LogP contribution in [-0.4, -0.2) is 62.0 Å². The summed E-state index contributed by atoms with van der Waals surface area (Å²) < 4.78 is 7.35. The first-order valence-corrected chi connectivity index (χ1v) is 14.8. The Balaban J connectivity index is 1.62. The number of aromatic amines is 1. The fourth-order valence-corrected chi connectivity index (χ4v) is 5.26. The quantitative estimate of drug-likeness (QED) is 0.137. The van der Waals surface area contributed by atoms with Gasteiger partial charge < -0.3 is 30.7 Å². The number of anilines is 1. The van der Waals surface area contributed by atoms with E-state index in [1.165, 1.54) is 12.4 Å². The van der Waals surface area contributed by atoms with Gasteiger partial charge in [-0.1, -0.05) is 0 Å². The van der Waals surface area contributed by atoms with Gasteiger partial charge in [-0.15, -0.1) is 0 Å². The smallest absolute Gasteiger partial charge is 0.410 e. The van der Waals surface area contributed by atoms with E-state index in [0.29, 0.717) is 50.4 Å². The molecule has 13 heteroatoms. The molecule has 13 nitrogen and oxygen atoms in total. The van der Waals surface area contributed by atoms with Crippen LogP contribution in [0.5, 0.6) is 0 Å². The average Bonchev–Trinajstić information content (AvgIpc) is 3.48. The predicted molar refractivity (Wildman–Crippen MR) is 171 cm³/mol. The predicted octanol–water partition coefficient (Wildman–Crippen LogP) is 1.06. The molecule has 8 N–H and O–H groups in total. The molecule has 0 saturated carbocycles. The van der Waals surface area contributed by atoms with Crippen LogP contribution in [0.4, 0.5) is 16.2 Å². The molecule has 1 fully saturated rings. The molecule has 1 aliphatic rings. The highest BCUT2D eigenvalue weighted by Crippen LogP contribution is 2.31. The first-order chi connectivity index (χ1) is 21.5. The molecule has 4 rings (SSSR count). The van der Waals surface area contributed by atoms with Gasteiger partial charge in [0.05, 0.1) is 36.5 Å². The second-order valence-corrected chi connectivity index (χ2v) is 12.1. The molecule has 0 unspecified atom stereocenters. The number of nitrogens with one attached hydrogen (secondary N) is 4. The number of quaternary nitrogens is 1. The summed E-state index contributed by atoms with van der Waals surface area (Å²) in [5, 5.41) is 26.7. The lowest BCUT2D eigenvalue weighted by atomic mass is 9.84. The molecular weight excluding hydrogens is 572 g/mol. The van der Waals surface area contributed by atoms with Crippen LogP contribution in [0.1, 0.15) is 56.7 Å². The second kappa shape index (κ2) is 14.5. The number of nitrogens with zero attached hydrogens (tertiary/aromatic N) is 4. The lowest BCUT2D eigenvalue weighted by molar-refractivity contribution is -0.604. The van der Waals surface area contributed by atoms with E-state index in [2.05, 4.69) is 32.5 Å². The van der Waals surface area contributed by atoms with Crippen molar-refractivity contribution in [3.8, 4) is 6.07 Å². The molecule has 1 aromatic carbocycles. The highest BCUT2D eigenvalue weighted by atomic mass is 16.6. The molecular formula is C32H42N10O3+2. The molecule has 1 amide bonds. The van der Waals surface area contributed by atoms with Gasteiger partial charge in [0.2, 0.25) is 0 Å². The van der Waals surface area contributed by atoms with Crippen LogP contribution in [0.15, 0.2) is 66.0 Å². The standard InChI is InChI=1S/C32H40N10O3/c1-31(2,3)45-30(44)41-16-8-32(7-11-34,9-17-41)40-26-6-14-37-29(43)27(26)28(35)39-25-19-23(21-36-12-4-10-33)18-24(20-25)22-42-15-5-13-38-42/h4-6,10,12-15,18-20,33,36H,7-9,16-17,21-22H2,1-3H3,(H2,35,39)(H2,37,40,43)/p+2/b12-4-,33-10?. The van der Waals surface area contributed by atoms with Crippen LogP contribution < -0.4 is 26.9 Å². The number of rotatable bonds is 11. The zero-order valence-corrected chi connectivity index (χ0v) is 26.0. The van der Waals surface area contributed by atoms with E-state index in [9.17, 15) is 14.9 Å². The van der Waals surface area contributed by atoms with Crippen molar-refractivity contribution in [2.45, 2.75) is 64.3 Å². The number of aromatic nitrogens is 3. The highest BCUT2D eigenvalue weighted by molar-refractivity contribution is 5.98. The van der Waals surface area contributed by atoms with Gasteiger partial charge in [0.15, 0.2) is 5.56 Å². The summed E-state index contributed by atoms with van der Waals surface area (Å²) in [6, 6.07) is 11.9. The normalized spacial score (nSPS) is 15.1. The Hall–Kier alpha value is -5.22. The summed E-state index contributed by atoms with van der Waals surface area (Å²) in [7, 11) is 0. The topological polar surface area (TPSA) is 196 Å². The zero-order valence-electron chi connectivity index (χ0n) is 26.0. The van der Waals surface area contributed by atoms with E-state index in [4.69, 9.17) is 15.9 Å². The monoisotopic (exact) mass is 614 g/mol. The van der Waals surface area contributed by atoms with E-state index < -0.39 is 11.1 Å². The minimum Gasteiger partial charge on any atom is -0.444 e. The maximum absolute atomic E-state index is 13.2. The van der Waals surface area contributed by atoms with Crippen molar-refractivity contribution >= 4 is 29.5 Å². The summed E-state index contributed by atoms with van der Waals surface area (Å²) in [4.78, 5) is 33.4. The number of H-pyrrole nitrogens is 1. The number of amidine groups is 1. The Morgan fingerprint density at radius 3 is 2.73 bits per heavy atom. The number of nitrogen functional groups attached to an aromatic ring is 1. The molecule has 45 heavy (non-hydrogen) atoms. The average molecular weight is 615 g/mol. The van der Waals surface area contributed by atoms with Crippen molar-refractivity contribution < 1.29 is 19.8 Å². The summed E-state index contributed by atoms with van der Waals surface area (Å²) in [5.41, 5.74) is 8.34. The van der Waals surface area contributed by atoms with Gasteiger partial charge in [-0.2, -0.15) is 10.4 Å². The largest absolute Gasteiger partial charge is 0.444 e. The van der Waals surface area contributed by atoms with Crippen LogP contribution in [-0.2, 0) is 17.8 Å². The zero-order chi connectivity index (χ0) is 32.5. The van der Waals surface area contributed by atoms with E-state index in [-0.39, 0.29) is 29.5 Å². The van der Waals surface area contributed by atoms with E-state index in [1.807, 2.05) is 61.4 Å². The van der Waals surface area contributed by atoms with Gasteiger partial charge in [0, 0.05) is 49.5 Å². The third-order valence-electron chi connectivity index (χ3n) is 7.35. The number of likely N-dealkylation sites (tertiary alicyclic amines) is 1. The number of nitriles is 1. The SMILES string of the molecule is CC(C)(C)OC(=O)N1CCC(CC#N)(Nc2cc[nH]c(=O)c2C(N)=[NH+]c2cc(C[NH2+]/C=C\C=N)cc(Cn3cccn3)c2)CC1. The second-order valence-electron chi connectivity index (χ2n) is 12.1. The first-order valence-electron chi connectivity index (χ1n) is 14.8.